The number of hydrogen-bond acceptors (Lipinski definition) is 1. The van der Waals surface area contributed by atoms with E-state index in [0.717, 1.165) is 19.4 Å². The van der Waals surface area contributed by atoms with Crippen molar-refractivity contribution in [3.63, 3.8) is 0 Å². The lowest BCUT2D eigenvalue weighted by atomic mass is 10.0. The van der Waals surface area contributed by atoms with Crippen molar-refractivity contribution in [1.82, 2.24) is 4.90 Å². The molecule has 1 aliphatic rings. The summed E-state index contributed by atoms with van der Waals surface area (Å²) in [5.41, 5.74) is 0.456. The molecule has 0 aromatic heterocycles. The molecule has 0 N–H and O–H groups in total. The van der Waals surface area contributed by atoms with Crippen LogP contribution in [0.3, 0.4) is 0 Å². The van der Waals surface area contributed by atoms with Crippen LogP contribution in [0.1, 0.15) is 37.0 Å². The molecule has 1 aliphatic heterocycles. The second-order valence-corrected chi connectivity index (χ2v) is 4.96. The van der Waals surface area contributed by atoms with Gasteiger partial charge >= 0.3 is 0 Å². The van der Waals surface area contributed by atoms with Crippen molar-refractivity contribution in [2.45, 2.75) is 32.7 Å². The van der Waals surface area contributed by atoms with E-state index in [1.54, 1.807) is 12.1 Å². The van der Waals surface area contributed by atoms with E-state index in [-0.39, 0.29) is 11.7 Å². The molecule has 0 radical (unpaired) electrons. The number of amides is 1. The zero-order valence-corrected chi connectivity index (χ0v) is 10.3. The number of halogens is 1. The van der Waals surface area contributed by atoms with Crippen LogP contribution in [-0.2, 0) is 0 Å². The quantitative estimate of drug-likeness (QED) is 0.771. The first-order valence-electron chi connectivity index (χ1n) is 6.16. The maximum Gasteiger partial charge on any atom is 0.254 e. The lowest BCUT2D eigenvalue weighted by molar-refractivity contribution is 0.0701. The highest BCUT2D eigenvalue weighted by Crippen LogP contribution is 2.25. The zero-order chi connectivity index (χ0) is 12.4. The summed E-state index contributed by atoms with van der Waals surface area (Å²) >= 11 is 0. The monoisotopic (exact) mass is 235 g/mol. The Morgan fingerprint density at radius 1 is 1.47 bits per heavy atom. The van der Waals surface area contributed by atoms with E-state index in [2.05, 4.69) is 13.8 Å². The summed E-state index contributed by atoms with van der Waals surface area (Å²) in [6.07, 6.45) is 2.10. The van der Waals surface area contributed by atoms with E-state index in [9.17, 15) is 9.18 Å². The summed E-state index contributed by atoms with van der Waals surface area (Å²) in [7, 11) is 0. The molecule has 2 nitrogen and oxygen atoms in total. The Hall–Kier alpha value is -1.38. The molecule has 17 heavy (non-hydrogen) atoms. The second-order valence-electron chi connectivity index (χ2n) is 4.96. The van der Waals surface area contributed by atoms with Gasteiger partial charge in [0.2, 0.25) is 0 Å². The SMILES string of the molecule is CC(C)C1CCCN1C(=O)c1cccc(F)c1. The minimum atomic E-state index is -0.351. The topological polar surface area (TPSA) is 20.3 Å². The molecule has 0 spiro atoms. The third-order valence-corrected chi connectivity index (χ3v) is 3.40. The summed E-state index contributed by atoms with van der Waals surface area (Å²) in [6, 6.07) is 6.24. The lowest BCUT2D eigenvalue weighted by Gasteiger charge is -2.27. The highest BCUT2D eigenvalue weighted by molar-refractivity contribution is 5.94. The van der Waals surface area contributed by atoms with Crippen LogP contribution < -0.4 is 0 Å². The molecule has 1 aromatic rings. The summed E-state index contributed by atoms with van der Waals surface area (Å²) < 4.78 is 13.1. The fraction of sp³-hybridized carbons (Fsp3) is 0.500. The van der Waals surface area contributed by atoms with Gasteiger partial charge < -0.3 is 4.90 Å². The smallest absolute Gasteiger partial charge is 0.254 e. The Labute approximate surface area is 101 Å². The third-order valence-electron chi connectivity index (χ3n) is 3.40. The number of rotatable bonds is 2. The molecule has 1 unspecified atom stereocenters. The van der Waals surface area contributed by atoms with E-state index in [0.29, 0.717) is 17.5 Å². The fourth-order valence-corrected chi connectivity index (χ4v) is 2.53. The Bertz CT molecular complexity index is 416. The average Bonchev–Trinajstić information content (AvgIpc) is 2.77. The minimum absolute atomic E-state index is 0.0410. The van der Waals surface area contributed by atoms with Crippen LogP contribution in [0.2, 0.25) is 0 Å². The van der Waals surface area contributed by atoms with Crippen LogP contribution >= 0.6 is 0 Å². The van der Waals surface area contributed by atoms with Crippen LogP contribution in [0, 0.1) is 11.7 Å². The molecule has 1 amide bonds. The summed E-state index contributed by atoms with van der Waals surface area (Å²) in [6.45, 7) is 5.04. The van der Waals surface area contributed by atoms with Crippen LogP contribution in [-0.4, -0.2) is 23.4 Å². The summed E-state index contributed by atoms with van der Waals surface area (Å²) in [4.78, 5) is 14.2. The second kappa shape index (κ2) is 4.86. The molecule has 1 fully saturated rings. The van der Waals surface area contributed by atoms with Gasteiger partial charge in [-0.05, 0) is 37.0 Å². The fourth-order valence-electron chi connectivity index (χ4n) is 2.53. The number of hydrogen-bond donors (Lipinski definition) is 0. The van der Waals surface area contributed by atoms with E-state index in [4.69, 9.17) is 0 Å². The Morgan fingerprint density at radius 2 is 2.24 bits per heavy atom. The van der Waals surface area contributed by atoms with Gasteiger partial charge in [-0.15, -0.1) is 0 Å². The van der Waals surface area contributed by atoms with Crippen LogP contribution in [0.5, 0.6) is 0 Å². The number of carbonyl (C=O) groups excluding carboxylic acids is 1. The van der Waals surface area contributed by atoms with Gasteiger partial charge in [-0.2, -0.15) is 0 Å². The van der Waals surface area contributed by atoms with Gasteiger partial charge in [0.1, 0.15) is 5.82 Å². The first-order chi connectivity index (χ1) is 8.09. The van der Waals surface area contributed by atoms with Crippen molar-refractivity contribution < 1.29 is 9.18 Å². The molecule has 1 saturated heterocycles. The number of likely N-dealkylation sites (tertiary alicyclic amines) is 1. The first kappa shape index (κ1) is 12.1. The molecule has 1 heterocycles. The van der Waals surface area contributed by atoms with Gasteiger partial charge in [-0.1, -0.05) is 19.9 Å². The van der Waals surface area contributed by atoms with Gasteiger partial charge in [-0.3, -0.25) is 4.79 Å². The summed E-state index contributed by atoms with van der Waals surface area (Å²) in [5, 5.41) is 0. The Kier molecular flexibility index (Phi) is 3.46. The van der Waals surface area contributed by atoms with Gasteiger partial charge in [0, 0.05) is 18.2 Å². The normalized spacial score (nSPS) is 20.0. The van der Waals surface area contributed by atoms with E-state index in [1.807, 2.05) is 4.90 Å². The molecule has 1 atom stereocenters. The van der Waals surface area contributed by atoms with Crippen LogP contribution in [0.15, 0.2) is 24.3 Å². The van der Waals surface area contributed by atoms with Crippen LogP contribution in [0.4, 0.5) is 4.39 Å². The Morgan fingerprint density at radius 3 is 2.88 bits per heavy atom. The molecular weight excluding hydrogens is 217 g/mol. The molecule has 1 aromatic carbocycles. The van der Waals surface area contributed by atoms with Crippen molar-refractivity contribution in [1.29, 1.82) is 0 Å². The molecule has 0 bridgehead atoms. The van der Waals surface area contributed by atoms with Crippen molar-refractivity contribution in [3.05, 3.63) is 35.6 Å². The molecule has 2 rings (SSSR count). The predicted octanol–water partition coefficient (Wildman–Crippen LogP) is 3.09. The van der Waals surface area contributed by atoms with Crippen molar-refractivity contribution in [2.24, 2.45) is 5.92 Å². The highest BCUT2D eigenvalue weighted by atomic mass is 19.1. The average molecular weight is 235 g/mol. The maximum atomic E-state index is 13.1. The minimum Gasteiger partial charge on any atom is -0.335 e. The van der Waals surface area contributed by atoms with E-state index < -0.39 is 0 Å². The van der Waals surface area contributed by atoms with Gasteiger partial charge in [0.25, 0.3) is 5.91 Å². The lowest BCUT2D eigenvalue weighted by Crippen LogP contribution is -2.38. The van der Waals surface area contributed by atoms with E-state index in [1.165, 1.54) is 12.1 Å². The maximum absolute atomic E-state index is 13.1. The molecule has 3 heteroatoms. The molecule has 0 saturated carbocycles. The number of benzene rings is 1. The number of carbonyl (C=O) groups is 1. The van der Waals surface area contributed by atoms with Gasteiger partial charge in [0.05, 0.1) is 0 Å². The Balaban J connectivity index is 2.20. The zero-order valence-electron chi connectivity index (χ0n) is 10.3. The van der Waals surface area contributed by atoms with Crippen molar-refractivity contribution in [3.8, 4) is 0 Å². The van der Waals surface area contributed by atoms with Gasteiger partial charge in [-0.25, -0.2) is 4.39 Å². The molecule has 92 valence electrons. The molecule has 0 aliphatic carbocycles. The first-order valence-corrected chi connectivity index (χ1v) is 6.16. The standard InChI is InChI=1S/C14H18FNO/c1-10(2)13-7-4-8-16(13)14(17)11-5-3-6-12(15)9-11/h3,5-6,9-10,13H,4,7-8H2,1-2H3. The predicted molar refractivity (Wildman–Crippen MR) is 65.3 cm³/mol. The van der Waals surface area contributed by atoms with E-state index >= 15 is 0 Å². The largest absolute Gasteiger partial charge is 0.335 e. The van der Waals surface area contributed by atoms with Crippen molar-refractivity contribution in [2.75, 3.05) is 6.54 Å². The van der Waals surface area contributed by atoms with Gasteiger partial charge in [0.15, 0.2) is 0 Å². The summed E-state index contributed by atoms with van der Waals surface area (Å²) in [5.74, 6) is 0.0619. The highest BCUT2D eigenvalue weighted by Gasteiger charge is 2.31. The van der Waals surface area contributed by atoms with Crippen molar-refractivity contribution >= 4 is 5.91 Å². The number of nitrogens with zero attached hydrogens (tertiary/aromatic N) is 1. The molecular formula is C14H18FNO. The third kappa shape index (κ3) is 2.48. The van der Waals surface area contributed by atoms with Crippen LogP contribution in [0.25, 0.3) is 0 Å².